The maximum absolute atomic E-state index is 10.4. The van der Waals surface area contributed by atoms with Crippen LogP contribution in [0, 0.1) is 23.7 Å². The number of rotatable bonds is 2. The Morgan fingerprint density at radius 3 is 2.40 bits per heavy atom. The van der Waals surface area contributed by atoms with Crippen LogP contribution in [0.2, 0.25) is 0 Å². The minimum absolute atomic E-state index is 0.479. The van der Waals surface area contributed by atoms with Crippen molar-refractivity contribution < 1.29 is 5.11 Å². The Morgan fingerprint density at radius 1 is 0.850 bits per heavy atom. The average molecular weight is 386 g/mol. The molecule has 0 aromatic rings. The van der Waals surface area contributed by atoms with Crippen LogP contribution < -0.4 is 0 Å². The summed E-state index contributed by atoms with van der Waals surface area (Å²) in [5.41, 5.74) is 0. The molecule has 0 saturated heterocycles. The molecule has 0 radical (unpaired) electrons. The second-order valence-electron chi connectivity index (χ2n) is 6.98. The van der Waals surface area contributed by atoms with Crippen molar-refractivity contribution in [3.8, 4) is 0 Å². The number of aliphatic hydroxyl groups is 1. The zero-order valence-electron chi connectivity index (χ0n) is 12.4. The molecule has 3 aliphatic carbocycles. The van der Waals surface area contributed by atoms with Crippen LogP contribution >= 0.6 is 22.6 Å². The number of halogens is 1. The van der Waals surface area contributed by atoms with Crippen molar-refractivity contribution >= 4 is 22.6 Å². The van der Waals surface area contributed by atoms with E-state index in [1.165, 1.54) is 57.8 Å². The largest absolute Gasteiger partial charge is 0.512 e. The molecule has 1 nitrogen and oxygen atoms in total. The highest BCUT2D eigenvalue weighted by Gasteiger charge is 2.33. The van der Waals surface area contributed by atoms with E-state index in [0.29, 0.717) is 5.92 Å². The lowest BCUT2D eigenvalue weighted by Gasteiger charge is -2.29. The molecule has 3 unspecified atom stereocenters. The summed E-state index contributed by atoms with van der Waals surface area (Å²) in [4.78, 5) is 0. The van der Waals surface area contributed by atoms with E-state index in [-0.39, 0.29) is 0 Å². The van der Waals surface area contributed by atoms with Gasteiger partial charge in [0.2, 0.25) is 0 Å². The number of aliphatic hydroxyl groups excluding tert-OH is 1. The second-order valence-corrected chi connectivity index (χ2v) is 8.23. The molecule has 0 aromatic heterocycles. The van der Waals surface area contributed by atoms with E-state index in [4.69, 9.17) is 0 Å². The molecule has 3 aliphatic rings. The van der Waals surface area contributed by atoms with Crippen molar-refractivity contribution in [2.24, 2.45) is 23.7 Å². The Hall–Kier alpha value is 0.01000. The third-order valence-corrected chi connectivity index (χ3v) is 7.05. The van der Waals surface area contributed by atoms with Gasteiger partial charge < -0.3 is 5.11 Å². The van der Waals surface area contributed by atoms with Crippen molar-refractivity contribution in [2.75, 3.05) is 0 Å². The minimum Gasteiger partial charge on any atom is -0.512 e. The summed E-state index contributed by atoms with van der Waals surface area (Å²) in [6.45, 7) is 0. The summed E-state index contributed by atoms with van der Waals surface area (Å²) >= 11 is 2.56. The number of hydrogen-bond acceptors (Lipinski definition) is 1. The lowest BCUT2D eigenvalue weighted by atomic mass is 9.79. The first-order valence-electron chi connectivity index (χ1n) is 8.50. The molecule has 1 saturated carbocycles. The Bertz CT molecular complexity index is 392. The standard InChI is InChI=1S/C18H27IO/c19-17-8-4-3-7-15(17)14-9-11-16(18(20)12-10-14)13-5-1-2-6-13/h8,12-16,20H,1-7,9-11H2. The van der Waals surface area contributed by atoms with E-state index in [0.717, 1.165) is 29.9 Å². The van der Waals surface area contributed by atoms with Crippen LogP contribution in [0.4, 0.5) is 0 Å². The predicted molar refractivity (Wildman–Crippen MR) is 92.9 cm³/mol. The zero-order valence-corrected chi connectivity index (χ0v) is 14.5. The van der Waals surface area contributed by atoms with E-state index in [1.54, 1.807) is 3.58 Å². The SMILES string of the molecule is OC1=CCC(C2CCCC=C2I)CCC1C1CCCC1. The van der Waals surface area contributed by atoms with Gasteiger partial charge in [-0.15, -0.1) is 0 Å². The van der Waals surface area contributed by atoms with Crippen molar-refractivity contribution in [2.45, 2.75) is 64.2 Å². The highest BCUT2D eigenvalue weighted by atomic mass is 127. The fourth-order valence-corrected chi connectivity index (χ4v) is 5.74. The third-order valence-electron chi connectivity index (χ3n) is 5.81. The van der Waals surface area contributed by atoms with E-state index in [2.05, 4.69) is 34.7 Å². The molecule has 3 atom stereocenters. The first kappa shape index (κ1) is 14.9. The van der Waals surface area contributed by atoms with E-state index < -0.39 is 0 Å². The molecule has 0 aromatic carbocycles. The van der Waals surface area contributed by atoms with Gasteiger partial charge in [0.25, 0.3) is 0 Å². The predicted octanol–water partition coefficient (Wildman–Crippen LogP) is 6.15. The molecule has 20 heavy (non-hydrogen) atoms. The maximum Gasteiger partial charge on any atom is 0.0916 e. The highest BCUT2D eigenvalue weighted by Crippen LogP contribution is 2.44. The normalized spacial score (nSPS) is 36.4. The van der Waals surface area contributed by atoms with Gasteiger partial charge in [0.05, 0.1) is 5.76 Å². The minimum atomic E-state index is 0.479. The molecule has 112 valence electrons. The Morgan fingerprint density at radius 2 is 1.65 bits per heavy atom. The quantitative estimate of drug-likeness (QED) is 0.564. The smallest absolute Gasteiger partial charge is 0.0916 e. The Kier molecular flexibility index (Phi) is 5.11. The van der Waals surface area contributed by atoms with Gasteiger partial charge in [0, 0.05) is 5.92 Å². The zero-order chi connectivity index (χ0) is 13.9. The molecule has 1 N–H and O–H groups in total. The van der Waals surface area contributed by atoms with Gasteiger partial charge in [0.1, 0.15) is 0 Å². The topological polar surface area (TPSA) is 20.2 Å². The van der Waals surface area contributed by atoms with Crippen LogP contribution in [0.1, 0.15) is 64.2 Å². The summed E-state index contributed by atoms with van der Waals surface area (Å²) in [7, 11) is 0. The summed E-state index contributed by atoms with van der Waals surface area (Å²) in [5, 5.41) is 10.4. The van der Waals surface area contributed by atoms with Crippen LogP contribution in [-0.2, 0) is 0 Å². The lowest BCUT2D eigenvalue weighted by molar-refractivity contribution is 0.238. The van der Waals surface area contributed by atoms with Gasteiger partial charge >= 0.3 is 0 Å². The van der Waals surface area contributed by atoms with Crippen molar-refractivity contribution in [1.29, 1.82) is 0 Å². The number of allylic oxidation sites excluding steroid dienone is 4. The van der Waals surface area contributed by atoms with Crippen LogP contribution in [0.15, 0.2) is 21.5 Å². The number of hydrogen-bond donors (Lipinski definition) is 1. The Balaban J connectivity index is 1.67. The van der Waals surface area contributed by atoms with Gasteiger partial charge in [0.15, 0.2) is 0 Å². The first-order chi connectivity index (χ1) is 9.75. The van der Waals surface area contributed by atoms with Crippen molar-refractivity contribution in [3.63, 3.8) is 0 Å². The molecule has 0 bridgehead atoms. The summed E-state index contributed by atoms with van der Waals surface area (Å²) in [6, 6.07) is 0. The van der Waals surface area contributed by atoms with Gasteiger partial charge in [-0.3, -0.25) is 0 Å². The summed E-state index contributed by atoms with van der Waals surface area (Å²) < 4.78 is 1.59. The molecule has 0 heterocycles. The van der Waals surface area contributed by atoms with Crippen LogP contribution in [-0.4, -0.2) is 5.11 Å². The van der Waals surface area contributed by atoms with E-state index in [9.17, 15) is 5.11 Å². The molecule has 3 rings (SSSR count). The fraction of sp³-hybridized carbons (Fsp3) is 0.778. The van der Waals surface area contributed by atoms with Crippen molar-refractivity contribution in [3.05, 3.63) is 21.5 Å². The van der Waals surface area contributed by atoms with Crippen LogP contribution in [0.5, 0.6) is 0 Å². The molecular weight excluding hydrogens is 359 g/mol. The monoisotopic (exact) mass is 386 g/mol. The van der Waals surface area contributed by atoms with E-state index in [1.807, 2.05) is 0 Å². The first-order valence-corrected chi connectivity index (χ1v) is 9.58. The second kappa shape index (κ2) is 6.85. The fourth-order valence-electron chi connectivity index (χ4n) is 4.61. The van der Waals surface area contributed by atoms with E-state index >= 15 is 0 Å². The van der Waals surface area contributed by atoms with Gasteiger partial charge in [-0.2, -0.15) is 0 Å². The molecule has 0 amide bonds. The molecular formula is C18H27IO. The highest BCUT2D eigenvalue weighted by molar-refractivity contribution is 14.1. The van der Waals surface area contributed by atoms with Crippen LogP contribution in [0.3, 0.4) is 0 Å². The summed E-state index contributed by atoms with van der Waals surface area (Å²) in [6.07, 6.45) is 17.7. The third kappa shape index (κ3) is 3.26. The molecule has 0 aliphatic heterocycles. The summed E-state index contributed by atoms with van der Waals surface area (Å²) in [5.74, 6) is 3.52. The van der Waals surface area contributed by atoms with Gasteiger partial charge in [-0.1, -0.05) is 18.9 Å². The van der Waals surface area contributed by atoms with Gasteiger partial charge in [-0.25, -0.2) is 0 Å². The van der Waals surface area contributed by atoms with Crippen LogP contribution in [0.25, 0.3) is 0 Å². The molecule has 0 spiro atoms. The average Bonchev–Trinajstić information content (AvgIpc) is 2.91. The van der Waals surface area contributed by atoms with Crippen molar-refractivity contribution in [1.82, 2.24) is 0 Å². The molecule has 2 heteroatoms. The maximum atomic E-state index is 10.4. The molecule has 1 fully saturated rings. The Labute approximate surface area is 137 Å². The lowest BCUT2D eigenvalue weighted by Crippen LogP contribution is -2.18. The van der Waals surface area contributed by atoms with Gasteiger partial charge in [-0.05, 0) is 101 Å².